The van der Waals surface area contributed by atoms with Crippen molar-refractivity contribution in [2.45, 2.75) is 44.4 Å². The molecule has 6 N–H and O–H groups in total. The molecule has 1 heterocycles. The summed E-state index contributed by atoms with van der Waals surface area (Å²) in [4.78, 5) is 26.3. The van der Waals surface area contributed by atoms with Crippen molar-refractivity contribution in [3.63, 3.8) is 0 Å². The van der Waals surface area contributed by atoms with Crippen molar-refractivity contribution in [1.82, 2.24) is 15.4 Å². The van der Waals surface area contributed by atoms with Crippen LogP contribution in [0.25, 0.3) is 11.4 Å². The Morgan fingerprint density at radius 2 is 2.10 bits per heavy atom. The molecule has 0 saturated heterocycles. The summed E-state index contributed by atoms with van der Waals surface area (Å²) in [6.07, 6.45) is 1.05. The van der Waals surface area contributed by atoms with Gasteiger partial charge >= 0.3 is 0 Å². The highest BCUT2D eigenvalue weighted by molar-refractivity contribution is 6.00. The van der Waals surface area contributed by atoms with Crippen LogP contribution in [0.5, 0.6) is 5.88 Å². The van der Waals surface area contributed by atoms with Gasteiger partial charge in [0, 0.05) is 11.6 Å². The molecule has 1 fully saturated rings. The monoisotopic (exact) mass is 448 g/mol. The van der Waals surface area contributed by atoms with E-state index in [0.717, 1.165) is 0 Å². The average molecular weight is 449 g/mol. The highest BCUT2D eigenvalue weighted by Crippen LogP contribution is 2.30. The minimum Gasteiger partial charge on any atom is -0.474 e. The third-order valence-electron chi connectivity index (χ3n) is 4.38. The fourth-order valence-corrected chi connectivity index (χ4v) is 2.80. The second-order valence-electron chi connectivity index (χ2n) is 7.81. The van der Waals surface area contributed by atoms with Crippen LogP contribution in [-0.2, 0) is 4.84 Å². The van der Waals surface area contributed by atoms with E-state index < -0.39 is 11.5 Å². The molecule has 1 saturated carbocycles. The van der Waals surface area contributed by atoms with Crippen molar-refractivity contribution < 1.29 is 19.5 Å². The number of carbonyl (C=O) groups is 1. The van der Waals surface area contributed by atoms with Gasteiger partial charge in [-0.25, -0.2) is 10.5 Å². The average Bonchev–Trinajstić information content (AvgIpc) is 2.65. The van der Waals surface area contributed by atoms with Crippen LogP contribution < -0.4 is 21.7 Å². The largest absolute Gasteiger partial charge is 0.474 e. The van der Waals surface area contributed by atoms with Crippen LogP contribution in [0.4, 0.5) is 5.82 Å². The number of hydrogen-bond acceptors (Lipinski definition) is 9. The first-order valence-electron chi connectivity index (χ1n) is 9.41. The molecule has 166 valence electrons. The van der Waals surface area contributed by atoms with Crippen LogP contribution >= 0.6 is 12.4 Å². The lowest BCUT2D eigenvalue weighted by Gasteiger charge is -2.32. The molecule has 0 bridgehead atoms. The molecule has 3 rings (SSSR count). The molecule has 0 aliphatic heterocycles. The van der Waals surface area contributed by atoms with Gasteiger partial charge in [0.1, 0.15) is 24.1 Å². The second kappa shape index (κ2) is 9.89. The summed E-state index contributed by atoms with van der Waals surface area (Å²) in [7, 11) is 0. The van der Waals surface area contributed by atoms with E-state index in [-0.39, 0.29) is 54.2 Å². The molecule has 0 radical (unpaired) electrons. The molecule has 1 aliphatic rings. The Morgan fingerprint density at radius 3 is 2.71 bits per heavy atom. The number of rotatable bonds is 7. The van der Waals surface area contributed by atoms with Crippen LogP contribution in [-0.4, -0.2) is 45.3 Å². The maximum atomic E-state index is 12.6. The third-order valence-corrected chi connectivity index (χ3v) is 4.38. The quantitative estimate of drug-likeness (QED) is 0.456. The van der Waals surface area contributed by atoms with Gasteiger partial charge in [-0.1, -0.05) is 12.1 Å². The second-order valence-corrected chi connectivity index (χ2v) is 7.81. The molecule has 0 spiro atoms. The van der Waals surface area contributed by atoms with E-state index in [1.54, 1.807) is 24.3 Å². The predicted molar refractivity (Wildman–Crippen MR) is 115 cm³/mol. The Bertz CT molecular complexity index is 983. The van der Waals surface area contributed by atoms with Crippen molar-refractivity contribution >= 4 is 24.1 Å². The van der Waals surface area contributed by atoms with Gasteiger partial charge in [-0.15, -0.1) is 12.4 Å². The van der Waals surface area contributed by atoms with E-state index in [1.165, 1.54) is 13.8 Å². The standard InChI is InChI=1S/C20H24N6O4.ClH/c1-20(2,28)10-29-26-18(27)15-16(23)24-17(12-5-3-4-11(6-12)9-21)25-19(15)30-14-7-13(22)8-14;/h3-6,13-14,28H,7-8,10,22H2,1-2H3,(H,26,27)(H2,23,24,25);1H/t13-,14+;. The van der Waals surface area contributed by atoms with Crippen molar-refractivity contribution in [2.75, 3.05) is 12.3 Å². The maximum absolute atomic E-state index is 12.6. The Hall–Kier alpha value is -2.97. The molecule has 11 heteroatoms. The summed E-state index contributed by atoms with van der Waals surface area (Å²) in [6.45, 7) is 2.94. The van der Waals surface area contributed by atoms with E-state index in [2.05, 4.69) is 21.5 Å². The zero-order chi connectivity index (χ0) is 21.9. The molecule has 2 aromatic rings. The number of carbonyl (C=O) groups excluding carboxylic acids is 1. The van der Waals surface area contributed by atoms with Gasteiger partial charge in [-0.3, -0.25) is 9.63 Å². The Morgan fingerprint density at radius 1 is 1.39 bits per heavy atom. The number of nitrogens with zero attached hydrogens (tertiary/aromatic N) is 3. The minimum absolute atomic E-state index is 0. The number of anilines is 1. The predicted octanol–water partition coefficient (Wildman–Crippen LogP) is 1.32. The Kier molecular flexibility index (Phi) is 7.75. The smallest absolute Gasteiger partial charge is 0.284 e. The molecule has 10 nitrogen and oxygen atoms in total. The number of nitrogens with one attached hydrogen (secondary N) is 1. The topological polar surface area (TPSA) is 169 Å². The highest BCUT2D eigenvalue weighted by atomic mass is 35.5. The first kappa shape index (κ1) is 24.3. The number of hydrogen-bond donors (Lipinski definition) is 4. The molecule has 31 heavy (non-hydrogen) atoms. The maximum Gasteiger partial charge on any atom is 0.284 e. The van der Waals surface area contributed by atoms with Gasteiger partial charge in [0.15, 0.2) is 5.82 Å². The van der Waals surface area contributed by atoms with E-state index in [9.17, 15) is 9.90 Å². The minimum atomic E-state index is -1.13. The van der Waals surface area contributed by atoms with E-state index in [0.29, 0.717) is 24.0 Å². The van der Waals surface area contributed by atoms with Crippen molar-refractivity contribution in [2.24, 2.45) is 5.73 Å². The van der Waals surface area contributed by atoms with Gasteiger partial charge < -0.3 is 21.3 Å². The Labute approximate surface area is 185 Å². The molecular formula is C20H25ClN6O4. The van der Waals surface area contributed by atoms with Gasteiger partial charge in [0.25, 0.3) is 5.91 Å². The summed E-state index contributed by atoms with van der Waals surface area (Å²) in [5, 5.41) is 18.8. The third kappa shape index (κ3) is 6.26. The zero-order valence-electron chi connectivity index (χ0n) is 17.2. The molecule has 1 aromatic carbocycles. The number of nitriles is 1. The van der Waals surface area contributed by atoms with Crippen LogP contribution in [0.1, 0.15) is 42.6 Å². The molecule has 1 aromatic heterocycles. The van der Waals surface area contributed by atoms with Crippen LogP contribution in [0, 0.1) is 11.3 Å². The molecule has 0 atom stereocenters. The number of ether oxygens (including phenoxy) is 1. The number of hydroxylamine groups is 1. The lowest BCUT2D eigenvalue weighted by Crippen LogP contribution is -2.44. The molecule has 0 unspecified atom stereocenters. The number of nitrogens with two attached hydrogens (primary N) is 2. The normalized spacial score (nSPS) is 17.6. The summed E-state index contributed by atoms with van der Waals surface area (Å²) in [5.74, 6) is -0.587. The van der Waals surface area contributed by atoms with Crippen molar-refractivity contribution in [3.05, 3.63) is 35.4 Å². The SMILES string of the molecule is CC(C)(O)CONC(=O)c1c(N)nc(-c2cccc(C#N)c2)nc1O[C@H]1C[C@@H](N)C1.Cl. The fraction of sp³-hybridized carbons (Fsp3) is 0.400. The number of nitrogen functional groups attached to an aromatic ring is 1. The lowest BCUT2D eigenvalue weighted by atomic mass is 9.90. The van der Waals surface area contributed by atoms with Gasteiger partial charge in [-0.2, -0.15) is 10.2 Å². The van der Waals surface area contributed by atoms with E-state index >= 15 is 0 Å². The number of halogens is 1. The van der Waals surface area contributed by atoms with Crippen molar-refractivity contribution in [1.29, 1.82) is 5.26 Å². The fourth-order valence-electron chi connectivity index (χ4n) is 2.80. The van der Waals surface area contributed by atoms with E-state index in [4.69, 9.17) is 26.3 Å². The summed E-state index contributed by atoms with van der Waals surface area (Å²) in [6, 6.07) is 8.78. The van der Waals surface area contributed by atoms with Gasteiger partial charge in [0.05, 0.1) is 17.2 Å². The number of benzene rings is 1. The summed E-state index contributed by atoms with van der Waals surface area (Å²) >= 11 is 0. The van der Waals surface area contributed by atoms with Crippen LogP contribution in [0.15, 0.2) is 24.3 Å². The number of amides is 1. The number of aromatic nitrogens is 2. The first-order chi connectivity index (χ1) is 14.2. The molecule has 1 aliphatic carbocycles. The van der Waals surface area contributed by atoms with E-state index in [1.807, 2.05) is 0 Å². The highest BCUT2D eigenvalue weighted by Gasteiger charge is 2.31. The van der Waals surface area contributed by atoms with Gasteiger partial charge in [-0.05, 0) is 38.8 Å². The molecular weight excluding hydrogens is 424 g/mol. The van der Waals surface area contributed by atoms with Gasteiger partial charge in [0.2, 0.25) is 5.88 Å². The van der Waals surface area contributed by atoms with Crippen molar-refractivity contribution in [3.8, 4) is 23.3 Å². The lowest BCUT2D eigenvalue weighted by molar-refractivity contribution is -0.0523. The number of aliphatic hydroxyl groups is 1. The summed E-state index contributed by atoms with van der Waals surface area (Å²) < 4.78 is 5.88. The van der Waals surface area contributed by atoms with Crippen LogP contribution in [0.2, 0.25) is 0 Å². The Balaban J connectivity index is 0.00000341. The first-order valence-corrected chi connectivity index (χ1v) is 9.41. The summed E-state index contributed by atoms with van der Waals surface area (Å²) in [5.41, 5.74) is 13.9. The zero-order valence-corrected chi connectivity index (χ0v) is 18.0. The molecule has 1 amide bonds. The van der Waals surface area contributed by atoms with Crippen LogP contribution in [0.3, 0.4) is 0 Å².